The first-order chi connectivity index (χ1) is 20.9. The van der Waals surface area contributed by atoms with E-state index >= 15 is 0 Å². The summed E-state index contributed by atoms with van der Waals surface area (Å²) in [6, 6.07) is 27.7. The van der Waals surface area contributed by atoms with Crippen molar-refractivity contribution in [2.24, 2.45) is 5.10 Å². The summed E-state index contributed by atoms with van der Waals surface area (Å²) in [6.45, 7) is 0.285. The molecule has 8 nitrogen and oxygen atoms in total. The number of hydrogen-bond acceptors (Lipinski definition) is 7. The van der Waals surface area contributed by atoms with Crippen molar-refractivity contribution in [3.63, 3.8) is 0 Å². The third-order valence-corrected chi connectivity index (χ3v) is 7.97. The Morgan fingerprint density at radius 1 is 0.930 bits per heavy atom. The Balaban J connectivity index is 1.21. The fourth-order valence-corrected chi connectivity index (χ4v) is 5.17. The molecule has 0 bridgehead atoms. The lowest BCUT2D eigenvalue weighted by Crippen LogP contribution is -2.20. The molecule has 1 N–H and O–H groups in total. The number of para-hydroxylation sites is 1. The molecule has 1 amide bonds. The number of methoxy groups -OCH3 is 1. The van der Waals surface area contributed by atoms with Crippen LogP contribution in [-0.4, -0.2) is 39.7 Å². The zero-order chi connectivity index (χ0) is 30.2. The van der Waals surface area contributed by atoms with Crippen LogP contribution in [0.15, 0.2) is 101 Å². The van der Waals surface area contributed by atoms with Crippen LogP contribution in [0.25, 0.3) is 17.1 Å². The summed E-state index contributed by atoms with van der Waals surface area (Å²) < 4.78 is 13.3. The van der Waals surface area contributed by atoms with Gasteiger partial charge < -0.3 is 9.47 Å². The fraction of sp³-hybridized carbons (Fsp3) is 0.0968. The van der Waals surface area contributed by atoms with Crippen LogP contribution < -0.4 is 14.9 Å². The Hall–Kier alpha value is -4.02. The van der Waals surface area contributed by atoms with E-state index < -0.39 is 0 Å². The number of hydrogen-bond donors (Lipinski definition) is 1. The van der Waals surface area contributed by atoms with Gasteiger partial charge in [0.2, 0.25) is 0 Å². The Labute approximate surface area is 267 Å². The molecule has 43 heavy (non-hydrogen) atoms. The molecule has 0 atom stereocenters. The minimum absolute atomic E-state index is 0.0771. The van der Waals surface area contributed by atoms with Crippen molar-refractivity contribution in [3.05, 3.63) is 117 Å². The van der Waals surface area contributed by atoms with Gasteiger partial charge in [-0.3, -0.25) is 9.36 Å². The summed E-state index contributed by atoms with van der Waals surface area (Å²) in [7, 11) is 1.55. The summed E-state index contributed by atoms with van der Waals surface area (Å²) in [6.07, 6.45) is 1.53. The monoisotopic (exact) mass is 651 g/mol. The lowest BCUT2D eigenvalue weighted by Gasteiger charge is -2.12. The van der Waals surface area contributed by atoms with Gasteiger partial charge in [0.15, 0.2) is 22.5 Å². The van der Waals surface area contributed by atoms with Gasteiger partial charge in [-0.15, -0.1) is 10.2 Å². The average Bonchev–Trinajstić information content (AvgIpc) is 3.45. The highest BCUT2D eigenvalue weighted by Gasteiger charge is 2.17. The van der Waals surface area contributed by atoms with E-state index in [2.05, 4.69) is 20.7 Å². The molecule has 0 spiro atoms. The SMILES string of the molecule is COc1cc(C=NNC(=O)CSc2nnc(-c3ccc(Cl)cc3)n2-c2ccccc2)ccc1OCc1ccc(Cl)c(Cl)c1. The molecule has 0 saturated heterocycles. The molecule has 0 aliphatic heterocycles. The highest BCUT2D eigenvalue weighted by Crippen LogP contribution is 2.30. The summed E-state index contributed by atoms with van der Waals surface area (Å²) in [4.78, 5) is 12.6. The van der Waals surface area contributed by atoms with Crippen LogP contribution in [0.1, 0.15) is 11.1 Å². The van der Waals surface area contributed by atoms with E-state index in [0.717, 1.165) is 16.8 Å². The van der Waals surface area contributed by atoms with Crippen molar-refractivity contribution in [3.8, 4) is 28.6 Å². The summed E-state index contributed by atoms with van der Waals surface area (Å²) in [5, 5.41) is 15.0. The predicted molar refractivity (Wildman–Crippen MR) is 172 cm³/mol. The number of carbonyl (C=O) groups excluding carboxylic acids is 1. The second kappa shape index (κ2) is 14.4. The van der Waals surface area contributed by atoms with E-state index in [4.69, 9.17) is 44.3 Å². The van der Waals surface area contributed by atoms with Crippen LogP contribution in [0.4, 0.5) is 0 Å². The number of carbonyl (C=O) groups is 1. The molecular formula is C31H24Cl3N5O3S. The van der Waals surface area contributed by atoms with Crippen LogP contribution in [0.3, 0.4) is 0 Å². The van der Waals surface area contributed by atoms with Crippen LogP contribution >= 0.6 is 46.6 Å². The Morgan fingerprint density at radius 3 is 2.47 bits per heavy atom. The van der Waals surface area contributed by atoms with Crippen LogP contribution in [0.2, 0.25) is 15.1 Å². The maximum atomic E-state index is 12.6. The number of nitrogens with one attached hydrogen (secondary N) is 1. The summed E-state index contributed by atoms with van der Waals surface area (Å²) in [5.74, 6) is 1.48. The molecule has 0 unspecified atom stereocenters. The molecule has 0 aliphatic rings. The first kappa shape index (κ1) is 30.4. The molecule has 0 fully saturated rings. The summed E-state index contributed by atoms with van der Waals surface area (Å²) in [5.41, 5.74) is 5.86. The van der Waals surface area contributed by atoms with E-state index in [1.54, 1.807) is 49.6 Å². The first-order valence-corrected chi connectivity index (χ1v) is 15.0. The molecule has 0 radical (unpaired) electrons. The molecule has 12 heteroatoms. The average molecular weight is 653 g/mol. The number of benzene rings is 4. The van der Waals surface area contributed by atoms with E-state index in [9.17, 15) is 4.79 Å². The number of amides is 1. The lowest BCUT2D eigenvalue weighted by atomic mass is 10.2. The number of thioether (sulfide) groups is 1. The van der Waals surface area contributed by atoms with Crippen molar-refractivity contribution in [2.45, 2.75) is 11.8 Å². The van der Waals surface area contributed by atoms with Crippen molar-refractivity contribution in [1.29, 1.82) is 0 Å². The van der Waals surface area contributed by atoms with Gasteiger partial charge in [-0.1, -0.05) is 70.8 Å². The molecule has 1 heterocycles. The van der Waals surface area contributed by atoms with E-state index in [0.29, 0.717) is 43.1 Å². The number of ether oxygens (including phenoxy) is 2. The summed E-state index contributed by atoms with van der Waals surface area (Å²) >= 11 is 19.4. The van der Waals surface area contributed by atoms with Crippen molar-refractivity contribution < 1.29 is 14.3 Å². The standard InChI is InChI=1S/C31H24Cl3N5O3S/c1-41-28-16-20(8-14-27(28)42-18-21-7-13-25(33)26(34)15-21)17-35-36-29(40)19-43-31-38-37-30(22-9-11-23(32)12-10-22)39(31)24-5-3-2-4-6-24/h2-17H,18-19H2,1H3,(H,36,40). The Bertz CT molecular complexity index is 1750. The highest BCUT2D eigenvalue weighted by molar-refractivity contribution is 7.99. The van der Waals surface area contributed by atoms with Crippen LogP contribution in [0.5, 0.6) is 11.5 Å². The van der Waals surface area contributed by atoms with Crippen LogP contribution in [-0.2, 0) is 11.4 Å². The smallest absolute Gasteiger partial charge is 0.250 e. The number of rotatable bonds is 11. The normalized spacial score (nSPS) is 11.1. The number of aromatic nitrogens is 3. The van der Waals surface area contributed by atoms with Crippen LogP contribution in [0, 0.1) is 0 Å². The third-order valence-electron chi connectivity index (χ3n) is 6.05. The number of halogens is 3. The quantitative estimate of drug-likeness (QED) is 0.0893. The third kappa shape index (κ3) is 7.88. The second-order valence-corrected chi connectivity index (χ2v) is 11.2. The first-order valence-electron chi connectivity index (χ1n) is 12.9. The minimum Gasteiger partial charge on any atom is -0.493 e. The Morgan fingerprint density at radius 2 is 1.72 bits per heavy atom. The zero-order valence-corrected chi connectivity index (χ0v) is 25.8. The van der Waals surface area contributed by atoms with Crippen molar-refractivity contribution >= 4 is 58.7 Å². The van der Waals surface area contributed by atoms with Gasteiger partial charge in [-0.25, -0.2) is 5.43 Å². The minimum atomic E-state index is -0.301. The van der Waals surface area contributed by atoms with E-state index in [-0.39, 0.29) is 18.3 Å². The molecule has 0 aliphatic carbocycles. The van der Waals surface area contributed by atoms with Gasteiger partial charge in [0, 0.05) is 16.3 Å². The zero-order valence-electron chi connectivity index (χ0n) is 22.7. The number of nitrogens with zero attached hydrogens (tertiary/aromatic N) is 4. The highest BCUT2D eigenvalue weighted by atomic mass is 35.5. The molecular weight excluding hydrogens is 629 g/mol. The van der Waals surface area contributed by atoms with Gasteiger partial charge in [-0.05, 0) is 77.9 Å². The van der Waals surface area contributed by atoms with Gasteiger partial charge >= 0.3 is 0 Å². The molecule has 5 aromatic rings. The Kier molecular flexibility index (Phi) is 10.2. The van der Waals surface area contributed by atoms with Gasteiger partial charge in [0.05, 0.1) is 29.1 Å². The van der Waals surface area contributed by atoms with E-state index in [1.165, 1.54) is 18.0 Å². The molecule has 4 aromatic carbocycles. The molecule has 0 saturated carbocycles. The van der Waals surface area contributed by atoms with Gasteiger partial charge in [0.1, 0.15) is 6.61 Å². The lowest BCUT2D eigenvalue weighted by molar-refractivity contribution is -0.118. The van der Waals surface area contributed by atoms with E-state index in [1.807, 2.05) is 53.1 Å². The fourth-order valence-electron chi connectivity index (χ4n) is 3.97. The maximum Gasteiger partial charge on any atom is 0.250 e. The topological polar surface area (TPSA) is 90.6 Å². The van der Waals surface area contributed by atoms with Crippen molar-refractivity contribution in [2.75, 3.05) is 12.9 Å². The maximum absolute atomic E-state index is 12.6. The largest absolute Gasteiger partial charge is 0.493 e. The molecule has 5 rings (SSSR count). The predicted octanol–water partition coefficient (Wildman–Crippen LogP) is 7.72. The second-order valence-electron chi connectivity index (χ2n) is 9.01. The molecule has 218 valence electrons. The van der Waals surface area contributed by atoms with Gasteiger partial charge in [-0.2, -0.15) is 5.10 Å². The number of hydrazone groups is 1. The van der Waals surface area contributed by atoms with Gasteiger partial charge in [0.25, 0.3) is 5.91 Å². The van der Waals surface area contributed by atoms with Crippen molar-refractivity contribution in [1.82, 2.24) is 20.2 Å². The molecule has 1 aromatic heterocycles.